The van der Waals surface area contributed by atoms with Gasteiger partial charge in [0.25, 0.3) is 0 Å². The Kier molecular flexibility index (Phi) is 7.35. The molecule has 5 nitrogen and oxygen atoms in total. The van der Waals surface area contributed by atoms with E-state index in [2.05, 4.69) is 4.98 Å². The van der Waals surface area contributed by atoms with Crippen LogP contribution in [0.2, 0.25) is 0 Å². The molecule has 0 atom stereocenters. The highest BCUT2D eigenvalue weighted by Gasteiger charge is 2.03. The van der Waals surface area contributed by atoms with Gasteiger partial charge in [0.2, 0.25) is 0 Å². The molecule has 6 heteroatoms. The zero-order chi connectivity index (χ0) is 19.6. The van der Waals surface area contributed by atoms with E-state index in [9.17, 15) is 4.79 Å². The number of ether oxygens (including phenoxy) is 3. The van der Waals surface area contributed by atoms with Gasteiger partial charge >= 0.3 is 0 Å². The fraction of sp³-hybridized carbons (Fsp3) is 0.182. The molecular weight excluding hydrogens is 374 g/mol. The van der Waals surface area contributed by atoms with Crippen LogP contribution in [0.4, 0.5) is 0 Å². The largest absolute Gasteiger partial charge is 0.491 e. The number of hydrogen-bond donors (Lipinski definition) is 0. The number of thiazole rings is 1. The fourth-order valence-corrected chi connectivity index (χ4v) is 2.91. The van der Waals surface area contributed by atoms with E-state index in [0.29, 0.717) is 31.1 Å². The van der Waals surface area contributed by atoms with Gasteiger partial charge in [-0.3, -0.25) is 4.79 Å². The lowest BCUT2D eigenvalue weighted by Gasteiger charge is -2.05. The Labute approximate surface area is 168 Å². The zero-order valence-corrected chi connectivity index (χ0v) is 16.4. The normalized spacial score (nSPS) is 10.9. The van der Waals surface area contributed by atoms with E-state index < -0.39 is 0 Å². The van der Waals surface area contributed by atoms with Crippen molar-refractivity contribution in [2.75, 3.05) is 20.3 Å². The van der Waals surface area contributed by atoms with Crippen LogP contribution >= 0.6 is 11.3 Å². The summed E-state index contributed by atoms with van der Waals surface area (Å²) in [6, 6.07) is 14.6. The second-order valence-electron chi connectivity index (χ2n) is 5.90. The molecule has 0 saturated carbocycles. The van der Waals surface area contributed by atoms with Gasteiger partial charge in [0.15, 0.2) is 5.78 Å². The molecule has 2 aromatic carbocycles. The number of rotatable bonds is 10. The number of aromatic nitrogens is 1. The first-order valence-electron chi connectivity index (χ1n) is 8.79. The lowest BCUT2D eigenvalue weighted by molar-refractivity contribution is 0.104. The molecule has 0 saturated heterocycles. The van der Waals surface area contributed by atoms with Crippen LogP contribution in [0.5, 0.6) is 11.5 Å². The molecule has 1 aromatic heterocycles. The van der Waals surface area contributed by atoms with Gasteiger partial charge in [-0.05, 0) is 48.0 Å². The van der Waals surface area contributed by atoms with E-state index in [4.69, 9.17) is 14.2 Å². The zero-order valence-electron chi connectivity index (χ0n) is 15.5. The monoisotopic (exact) mass is 395 g/mol. The summed E-state index contributed by atoms with van der Waals surface area (Å²) in [5.41, 5.74) is 4.23. The molecule has 3 rings (SSSR count). The topological polar surface area (TPSA) is 57.7 Å². The van der Waals surface area contributed by atoms with Crippen molar-refractivity contribution >= 4 is 23.2 Å². The highest BCUT2D eigenvalue weighted by Crippen LogP contribution is 2.16. The number of allylic oxidation sites excluding steroid dienone is 1. The average Bonchev–Trinajstić information content (AvgIpc) is 3.26. The minimum Gasteiger partial charge on any atom is -0.491 e. The SMILES string of the molecule is COCCOc1ccc(C(=O)C=Cc2ccc(OCc3cscn3)cc2)cc1. The number of benzene rings is 2. The van der Waals surface area contributed by atoms with Crippen molar-refractivity contribution in [3.8, 4) is 11.5 Å². The molecule has 0 aliphatic carbocycles. The lowest BCUT2D eigenvalue weighted by atomic mass is 10.1. The van der Waals surface area contributed by atoms with Crippen molar-refractivity contribution in [3.63, 3.8) is 0 Å². The number of carbonyl (C=O) groups excluding carboxylic acids is 1. The van der Waals surface area contributed by atoms with E-state index in [1.54, 1.807) is 60.4 Å². The second kappa shape index (κ2) is 10.4. The van der Waals surface area contributed by atoms with E-state index >= 15 is 0 Å². The maximum Gasteiger partial charge on any atom is 0.185 e. The highest BCUT2D eigenvalue weighted by atomic mass is 32.1. The predicted octanol–water partition coefficient (Wildman–Crippen LogP) is 4.64. The van der Waals surface area contributed by atoms with Gasteiger partial charge in [-0.2, -0.15) is 0 Å². The van der Waals surface area contributed by atoms with Crippen LogP contribution in [-0.2, 0) is 11.3 Å². The Morgan fingerprint density at radius 1 is 1.00 bits per heavy atom. The predicted molar refractivity (Wildman–Crippen MR) is 110 cm³/mol. The fourth-order valence-electron chi connectivity index (χ4n) is 2.37. The number of carbonyl (C=O) groups is 1. The molecular formula is C22H21NO4S. The Hall–Kier alpha value is -2.96. The second-order valence-corrected chi connectivity index (χ2v) is 6.62. The Balaban J connectivity index is 1.51. The van der Waals surface area contributed by atoms with Crippen molar-refractivity contribution in [2.45, 2.75) is 6.61 Å². The quantitative estimate of drug-likeness (QED) is 0.284. The van der Waals surface area contributed by atoms with Crippen LogP contribution < -0.4 is 9.47 Å². The molecule has 0 aliphatic rings. The molecule has 0 aliphatic heterocycles. The summed E-state index contributed by atoms with van der Waals surface area (Å²) in [4.78, 5) is 16.5. The minimum absolute atomic E-state index is 0.0627. The Morgan fingerprint density at radius 3 is 2.39 bits per heavy atom. The molecule has 0 radical (unpaired) electrons. The molecule has 28 heavy (non-hydrogen) atoms. The van der Waals surface area contributed by atoms with Crippen LogP contribution in [0.3, 0.4) is 0 Å². The number of nitrogens with zero attached hydrogens (tertiary/aromatic N) is 1. The van der Waals surface area contributed by atoms with Crippen LogP contribution in [0, 0.1) is 0 Å². The van der Waals surface area contributed by atoms with Gasteiger partial charge in [-0.25, -0.2) is 4.98 Å². The Bertz CT molecular complexity index is 887. The molecule has 1 heterocycles. The van der Waals surface area contributed by atoms with E-state index in [-0.39, 0.29) is 5.78 Å². The first kappa shape index (κ1) is 19.8. The van der Waals surface area contributed by atoms with Crippen LogP contribution in [0.25, 0.3) is 6.08 Å². The summed E-state index contributed by atoms with van der Waals surface area (Å²) in [5, 5.41) is 1.96. The van der Waals surface area contributed by atoms with Crippen LogP contribution in [0.1, 0.15) is 21.6 Å². The molecule has 0 unspecified atom stereocenters. The lowest BCUT2D eigenvalue weighted by Crippen LogP contribution is -2.04. The summed E-state index contributed by atoms with van der Waals surface area (Å²) in [6.45, 7) is 1.45. The van der Waals surface area contributed by atoms with Gasteiger partial charge in [-0.15, -0.1) is 11.3 Å². The first-order valence-corrected chi connectivity index (χ1v) is 9.73. The average molecular weight is 395 g/mol. The van der Waals surface area contributed by atoms with Gasteiger partial charge < -0.3 is 14.2 Å². The third-order valence-electron chi connectivity index (χ3n) is 3.87. The molecule has 0 fully saturated rings. The maximum absolute atomic E-state index is 12.3. The molecule has 0 bridgehead atoms. The maximum atomic E-state index is 12.3. The highest BCUT2D eigenvalue weighted by molar-refractivity contribution is 7.07. The van der Waals surface area contributed by atoms with Crippen molar-refractivity contribution < 1.29 is 19.0 Å². The summed E-state index contributed by atoms with van der Waals surface area (Å²) in [6.07, 6.45) is 3.35. The van der Waals surface area contributed by atoms with E-state index in [1.807, 2.05) is 29.6 Å². The standard InChI is InChI=1S/C22H21NO4S/c1-25-12-13-26-20-9-5-18(6-10-20)22(24)11-4-17-2-7-21(8-3-17)27-14-19-15-28-16-23-19/h2-11,15-16H,12-14H2,1H3. The van der Waals surface area contributed by atoms with Crippen LogP contribution in [0.15, 0.2) is 65.5 Å². The minimum atomic E-state index is -0.0627. The third-order valence-corrected chi connectivity index (χ3v) is 4.51. The van der Waals surface area contributed by atoms with Crippen LogP contribution in [-0.4, -0.2) is 31.1 Å². The molecule has 144 valence electrons. The summed E-state index contributed by atoms with van der Waals surface area (Å²) < 4.78 is 16.1. The molecule has 0 amide bonds. The Morgan fingerprint density at radius 2 is 1.71 bits per heavy atom. The number of hydrogen-bond acceptors (Lipinski definition) is 6. The van der Waals surface area contributed by atoms with Crippen molar-refractivity contribution in [2.24, 2.45) is 0 Å². The van der Waals surface area contributed by atoms with Gasteiger partial charge in [0.1, 0.15) is 24.7 Å². The summed E-state index contributed by atoms with van der Waals surface area (Å²) >= 11 is 1.55. The van der Waals surface area contributed by atoms with Crippen molar-refractivity contribution in [3.05, 3.63) is 82.3 Å². The van der Waals surface area contributed by atoms with Crippen molar-refractivity contribution in [1.29, 1.82) is 0 Å². The number of methoxy groups -OCH3 is 1. The molecule has 0 spiro atoms. The molecule has 0 N–H and O–H groups in total. The van der Waals surface area contributed by atoms with Crippen molar-refractivity contribution in [1.82, 2.24) is 4.98 Å². The van der Waals surface area contributed by atoms with Gasteiger partial charge in [0.05, 0.1) is 17.8 Å². The third kappa shape index (κ3) is 6.04. The summed E-state index contributed by atoms with van der Waals surface area (Å²) in [5.74, 6) is 1.42. The van der Waals surface area contributed by atoms with E-state index in [0.717, 1.165) is 17.0 Å². The van der Waals surface area contributed by atoms with Gasteiger partial charge in [-0.1, -0.05) is 18.2 Å². The van der Waals surface area contributed by atoms with Gasteiger partial charge in [0, 0.05) is 18.1 Å². The first-order chi connectivity index (χ1) is 13.7. The summed E-state index contributed by atoms with van der Waals surface area (Å²) in [7, 11) is 1.63. The molecule has 3 aromatic rings. The smallest absolute Gasteiger partial charge is 0.185 e. The van der Waals surface area contributed by atoms with E-state index in [1.165, 1.54) is 0 Å². The number of ketones is 1.